The van der Waals surface area contributed by atoms with Gasteiger partial charge in [0.15, 0.2) is 4.96 Å². The minimum absolute atomic E-state index is 0.00898. The molecule has 0 aliphatic carbocycles. The van der Waals surface area contributed by atoms with Crippen LogP contribution in [0.5, 0.6) is 0 Å². The fourth-order valence-electron chi connectivity index (χ4n) is 2.25. The van der Waals surface area contributed by atoms with Crippen LogP contribution in [0.25, 0.3) is 15.2 Å². The van der Waals surface area contributed by atoms with E-state index >= 15 is 0 Å². The number of anilines is 1. The van der Waals surface area contributed by atoms with Gasteiger partial charge in [-0.3, -0.25) is 19.3 Å². The van der Waals surface area contributed by atoms with E-state index in [-0.39, 0.29) is 11.5 Å². The lowest BCUT2D eigenvalue weighted by Crippen LogP contribution is -2.26. The zero-order valence-corrected chi connectivity index (χ0v) is 12.6. The van der Waals surface area contributed by atoms with Crippen LogP contribution < -0.4 is 10.9 Å². The third-order valence-electron chi connectivity index (χ3n) is 3.30. The lowest BCUT2D eigenvalue weighted by Gasteiger charge is -2.01. The van der Waals surface area contributed by atoms with Gasteiger partial charge in [0.1, 0.15) is 5.56 Å². The maximum atomic E-state index is 12.7. The van der Waals surface area contributed by atoms with Gasteiger partial charge in [-0.25, -0.2) is 4.98 Å². The first-order valence-corrected chi connectivity index (χ1v) is 7.41. The van der Waals surface area contributed by atoms with Crippen LogP contribution in [0.3, 0.4) is 0 Å². The Morgan fingerprint density at radius 3 is 3.04 bits per heavy atom. The van der Waals surface area contributed by atoms with Crippen molar-refractivity contribution in [3.8, 4) is 0 Å². The quantitative estimate of drug-likeness (QED) is 0.567. The number of rotatable bonds is 2. The summed E-state index contributed by atoms with van der Waals surface area (Å²) in [5.41, 5.74) is 1.29. The summed E-state index contributed by atoms with van der Waals surface area (Å²) in [4.78, 5) is 29.6. The van der Waals surface area contributed by atoms with Gasteiger partial charge in [-0.05, 0) is 29.8 Å². The maximum absolute atomic E-state index is 12.7. The number of carbonyl (C=O) groups is 1. The lowest BCUT2D eigenvalue weighted by molar-refractivity contribution is 0.102. The number of aromatic amines is 1. The first-order valence-electron chi connectivity index (χ1n) is 6.59. The molecule has 0 fully saturated rings. The van der Waals surface area contributed by atoms with Crippen LogP contribution in [0, 0.1) is 6.92 Å². The molecular weight excluding hydrogens is 318 g/mol. The Bertz CT molecular complexity index is 1100. The molecule has 2 N–H and O–H groups in total. The van der Waals surface area contributed by atoms with Crippen LogP contribution in [0.1, 0.15) is 15.9 Å². The van der Waals surface area contributed by atoms with Gasteiger partial charge in [0.2, 0.25) is 0 Å². The Labute approximate surface area is 132 Å². The topological polar surface area (TPSA) is 118 Å². The summed E-state index contributed by atoms with van der Waals surface area (Å²) in [6.45, 7) is 1.98. The number of amides is 1. The van der Waals surface area contributed by atoms with Gasteiger partial charge in [0, 0.05) is 6.20 Å². The molecule has 3 aromatic heterocycles. The number of nitrogens with one attached hydrogen (secondary N) is 2. The highest BCUT2D eigenvalue weighted by Crippen LogP contribution is 2.24. The van der Waals surface area contributed by atoms with Crippen molar-refractivity contribution in [1.82, 2.24) is 30.0 Å². The number of thiazole rings is 1. The predicted octanol–water partition coefficient (Wildman–Crippen LogP) is 0.983. The molecular formula is C13H9N7O2S. The second-order valence-electron chi connectivity index (χ2n) is 4.86. The summed E-state index contributed by atoms with van der Waals surface area (Å²) in [7, 11) is 0. The Hall–Kier alpha value is -3.14. The molecule has 0 atom stereocenters. The summed E-state index contributed by atoms with van der Waals surface area (Å²) in [5.74, 6) is -0.643. The molecule has 10 heteroatoms. The van der Waals surface area contributed by atoms with E-state index < -0.39 is 11.5 Å². The second-order valence-corrected chi connectivity index (χ2v) is 5.87. The molecule has 0 aliphatic rings. The molecule has 1 amide bonds. The van der Waals surface area contributed by atoms with Crippen molar-refractivity contribution in [3.05, 3.63) is 45.9 Å². The highest BCUT2D eigenvalue weighted by molar-refractivity contribution is 7.23. The number of nitrogens with zero attached hydrogens (tertiary/aromatic N) is 5. The maximum Gasteiger partial charge on any atom is 0.271 e. The molecule has 0 bridgehead atoms. The molecule has 0 radical (unpaired) electrons. The third-order valence-corrected chi connectivity index (χ3v) is 4.32. The Kier molecular flexibility index (Phi) is 2.91. The zero-order valence-electron chi connectivity index (χ0n) is 11.8. The highest BCUT2D eigenvalue weighted by atomic mass is 32.1. The van der Waals surface area contributed by atoms with Crippen molar-refractivity contribution in [2.24, 2.45) is 0 Å². The molecule has 0 spiro atoms. The van der Waals surface area contributed by atoms with E-state index in [0.717, 1.165) is 15.8 Å². The Morgan fingerprint density at radius 1 is 1.39 bits per heavy atom. The molecule has 114 valence electrons. The van der Waals surface area contributed by atoms with Gasteiger partial charge < -0.3 is 0 Å². The van der Waals surface area contributed by atoms with E-state index in [0.29, 0.717) is 4.96 Å². The molecule has 3 heterocycles. The van der Waals surface area contributed by atoms with Crippen LogP contribution in [-0.4, -0.2) is 35.9 Å². The number of H-pyrrole nitrogens is 1. The average molecular weight is 327 g/mol. The third kappa shape index (κ3) is 2.16. The van der Waals surface area contributed by atoms with Gasteiger partial charge in [0.05, 0.1) is 10.2 Å². The normalized spacial score (nSPS) is 11.2. The number of hydrogen-bond donors (Lipinski definition) is 2. The van der Waals surface area contributed by atoms with Crippen LogP contribution in [-0.2, 0) is 0 Å². The first-order chi connectivity index (χ1) is 11.1. The molecule has 0 aliphatic heterocycles. The van der Waals surface area contributed by atoms with Gasteiger partial charge >= 0.3 is 0 Å². The number of aryl methyl sites for hydroxylation is 1. The van der Waals surface area contributed by atoms with Gasteiger partial charge in [-0.15, -0.1) is 5.10 Å². The van der Waals surface area contributed by atoms with E-state index in [2.05, 4.69) is 30.9 Å². The number of fused-ring (bicyclic) bond motifs is 3. The number of hydrogen-bond acceptors (Lipinski definition) is 7. The smallest absolute Gasteiger partial charge is 0.271 e. The van der Waals surface area contributed by atoms with E-state index in [9.17, 15) is 9.59 Å². The summed E-state index contributed by atoms with van der Waals surface area (Å²) < 4.78 is 2.37. The molecule has 0 saturated heterocycles. The van der Waals surface area contributed by atoms with Crippen molar-refractivity contribution < 1.29 is 4.79 Å². The summed E-state index contributed by atoms with van der Waals surface area (Å²) >= 11 is 1.40. The number of carbonyl (C=O) groups excluding carboxylic acids is 1. The van der Waals surface area contributed by atoms with E-state index in [1.807, 2.05) is 25.1 Å². The predicted molar refractivity (Wildman–Crippen MR) is 83.7 cm³/mol. The Balaban J connectivity index is 1.88. The fourth-order valence-corrected chi connectivity index (χ4v) is 3.33. The zero-order chi connectivity index (χ0) is 16.0. The van der Waals surface area contributed by atoms with Gasteiger partial charge in [0.25, 0.3) is 17.4 Å². The largest absolute Gasteiger partial charge is 0.288 e. The van der Waals surface area contributed by atoms with Crippen molar-refractivity contribution in [1.29, 1.82) is 0 Å². The second kappa shape index (κ2) is 4.95. The van der Waals surface area contributed by atoms with E-state index in [4.69, 9.17) is 0 Å². The van der Waals surface area contributed by atoms with Gasteiger partial charge in [-0.2, -0.15) is 5.21 Å². The van der Waals surface area contributed by atoms with Crippen LogP contribution in [0.15, 0.2) is 29.2 Å². The number of tetrazole rings is 1. The van der Waals surface area contributed by atoms with Crippen molar-refractivity contribution >= 4 is 38.4 Å². The SMILES string of the molecule is Cc1ccc2c(c1)sc1ncc(C(=O)Nc3nn[nH]n3)c(=O)n12. The first kappa shape index (κ1) is 13.5. The summed E-state index contributed by atoms with van der Waals surface area (Å²) in [5, 5.41) is 15.2. The molecule has 23 heavy (non-hydrogen) atoms. The summed E-state index contributed by atoms with van der Waals surface area (Å²) in [6.07, 6.45) is 1.26. The monoisotopic (exact) mass is 327 g/mol. The molecule has 9 nitrogen and oxygen atoms in total. The molecule has 0 unspecified atom stereocenters. The number of aromatic nitrogens is 6. The summed E-state index contributed by atoms with van der Waals surface area (Å²) in [6, 6.07) is 5.73. The average Bonchev–Trinajstić information content (AvgIpc) is 3.14. The highest BCUT2D eigenvalue weighted by Gasteiger charge is 2.17. The van der Waals surface area contributed by atoms with Gasteiger partial charge in [-0.1, -0.05) is 22.5 Å². The van der Waals surface area contributed by atoms with Crippen LogP contribution in [0.2, 0.25) is 0 Å². The minimum atomic E-state index is -0.634. The van der Waals surface area contributed by atoms with E-state index in [1.165, 1.54) is 21.9 Å². The van der Waals surface area contributed by atoms with Crippen LogP contribution >= 0.6 is 11.3 Å². The minimum Gasteiger partial charge on any atom is -0.288 e. The van der Waals surface area contributed by atoms with Crippen molar-refractivity contribution in [3.63, 3.8) is 0 Å². The van der Waals surface area contributed by atoms with Crippen LogP contribution in [0.4, 0.5) is 5.95 Å². The molecule has 4 aromatic rings. The molecule has 4 rings (SSSR count). The van der Waals surface area contributed by atoms with Crippen molar-refractivity contribution in [2.75, 3.05) is 5.32 Å². The Morgan fingerprint density at radius 2 is 2.26 bits per heavy atom. The van der Waals surface area contributed by atoms with E-state index in [1.54, 1.807) is 0 Å². The fraction of sp³-hybridized carbons (Fsp3) is 0.0769. The lowest BCUT2D eigenvalue weighted by atomic mass is 10.2. The molecule has 0 saturated carbocycles. The molecule has 1 aromatic carbocycles. The van der Waals surface area contributed by atoms with Crippen molar-refractivity contribution in [2.45, 2.75) is 6.92 Å². The standard InChI is InChI=1S/C13H9N7O2S/c1-6-2-3-8-9(4-6)23-13-14-5-7(11(22)20(8)13)10(21)15-12-16-18-19-17-12/h2-5H,1H3,(H2,15,16,17,18,19,21). The number of benzene rings is 1.